The molecule has 0 unspecified atom stereocenters. The molecule has 0 radical (unpaired) electrons. The van der Waals surface area contributed by atoms with Gasteiger partial charge in [-0.15, -0.1) is 11.3 Å². The number of aryl methyl sites for hydroxylation is 3. The molecular formula is C22H24N2O2S. The molecule has 3 rings (SSSR count). The molecule has 0 saturated carbocycles. The molecule has 27 heavy (non-hydrogen) atoms. The van der Waals surface area contributed by atoms with E-state index in [2.05, 4.69) is 42.3 Å². The highest BCUT2D eigenvalue weighted by atomic mass is 32.1. The number of carbonyl (C=O) groups excluding carboxylic acids is 1. The maximum absolute atomic E-state index is 12.1. The van der Waals surface area contributed by atoms with Crippen LogP contribution < -0.4 is 10.1 Å². The monoisotopic (exact) mass is 380 g/mol. The fraction of sp³-hybridized carbons (Fsp3) is 0.273. The second kappa shape index (κ2) is 8.82. The third-order valence-corrected chi connectivity index (χ3v) is 5.21. The van der Waals surface area contributed by atoms with E-state index in [0.29, 0.717) is 24.6 Å². The molecule has 1 amide bonds. The number of hydrogen-bond donors (Lipinski definition) is 1. The van der Waals surface area contributed by atoms with Gasteiger partial charge in [0, 0.05) is 17.4 Å². The number of benzene rings is 2. The van der Waals surface area contributed by atoms with Crippen LogP contribution in [0.1, 0.15) is 29.5 Å². The highest BCUT2D eigenvalue weighted by Gasteiger charge is 2.09. The summed E-state index contributed by atoms with van der Waals surface area (Å²) < 4.78 is 5.73. The lowest BCUT2D eigenvalue weighted by Gasteiger charge is -2.08. The van der Waals surface area contributed by atoms with Gasteiger partial charge < -0.3 is 10.1 Å². The maximum Gasteiger partial charge on any atom is 0.226 e. The Kier molecular flexibility index (Phi) is 6.24. The average molecular weight is 381 g/mol. The van der Waals surface area contributed by atoms with E-state index >= 15 is 0 Å². The third-order valence-electron chi connectivity index (χ3n) is 4.45. The van der Waals surface area contributed by atoms with Crippen LogP contribution >= 0.6 is 11.3 Å². The molecule has 0 aliphatic heterocycles. The van der Waals surface area contributed by atoms with Crippen LogP contribution in [0.2, 0.25) is 0 Å². The van der Waals surface area contributed by atoms with Gasteiger partial charge >= 0.3 is 0 Å². The summed E-state index contributed by atoms with van der Waals surface area (Å²) in [7, 11) is 0. The zero-order valence-corrected chi connectivity index (χ0v) is 16.7. The van der Waals surface area contributed by atoms with Crippen LogP contribution in [0, 0.1) is 20.8 Å². The van der Waals surface area contributed by atoms with Gasteiger partial charge in [0.25, 0.3) is 0 Å². The van der Waals surface area contributed by atoms with Crippen molar-refractivity contribution >= 4 is 22.4 Å². The van der Waals surface area contributed by atoms with Gasteiger partial charge in [0.05, 0.1) is 12.3 Å². The second-order valence-corrected chi connectivity index (χ2v) is 7.46. The predicted molar refractivity (Wildman–Crippen MR) is 112 cm³/mol. The van der Waals surface area contributed by atoms with Gasteiger partial charge in [0.15, 0.2) is 5.13 Å². The lowest BCUT2D eigenvalue weighted by Crippen LogP contribution is -2.12. The Morgan fingerprint density at radius 1 is 1.07 bits per heavy atom. The Morgan fingerprint density at radius 2 is 1.89 bits per heavy atom. The largest absolute Gasteiger partial charge is 0.493 e. The number of rotatable bonds is 7. The molecular weight excluding hydrogens is 356 g/mol. The number of hydrogen-bond acceptors (Lipinski definition) is 4. The number of aromatic nitrogens is 1. The fourth-order valence-corrected chi connectivity index (χ4v) is 3.42. The minimum Gasteiger partial charge on any atom is -0.493 e. The first kappa shape index (κ1) is 19.1. The van der Waals surface area contributed by atoms with Crippen molar-refractivity contribution in [1.29, 1.82) is 0 Å². The van der Waals surface area contributed by atoms with E-state index in [-0.39, 0.29) is 5.91 Å². The second-order valence-electron chi connectivity index (χ2n) is 6.60. The molecule has 0 atom stereocenters. The summed E-state index contributed by atoms with van der Waals surface area (Å²) in [6.07, 6.45) is 1.07. The number of thiazole rings is 1. The van der Waals surface area contributed by atoms with Crippen molar-refractivity contribution in [3.63, 3.8) is 0 Å². The number of ether oxygens (including phenoxy) is 1. The Bertz CT molecular complexity index is 934. The molecule has 1 N–H and O–H groups in total. The average Bonchev–Trinajstić information content (AvgIpc) is 3.11. The van der Waals surface area contributed by atoms with Crippen LogP contribution in [0.25, 0.3) is 11.3 Å². The minimum atomic E-state index is -0.0376. The van der Waals surface area contributed by atoms with Crippen LogP contribution in [0.15, 0.2) is 47.8 Å². The zero-order valence-electron chi connectivity index (χ0n) is 15.9. The first-order chi connectivity index (χ1) is 13.0. The van der Waals surface area contributed by atoms with Crippen molar-refractivity contribution in [3.8, 4) is 17.0 Å². The molecule has 140 valence electrons. The molecule has 4 nitrogen and oxygen atoms in total. The summed E-state index contributed by atoms with van der Waals surface area (Å²) in [4.78, 5) is 16.7. The molecule has 2 aromatic carbocycles. The van der Waals surface area contributed by atoms with Crippen LogP contribution in [0.4, 0.5) is 5.13 Å². The van der Waals surface area contributed by atoms with Crippen molar-refractivity contribution in [1.82, 2.24) is 4.98 Å². The number of nitrogens with one attached hydrogen (secondary N) is 1. The molecule has 0 spiro atoms. The molecule has 0 aliphatic rings. The van der Waals surface area contributed by atoms with E-state index in [1.807, 2.05) is 36.6 Å². The molecule has 0 bridgehead atoms. The maximum atomic E-state index is 12.1. The van der Waals surface area contributed by atoms with E-state index in [1.54, 1.807) is 0 Å². The quantitative estimate of drug-likeness (QED) is 0.548. The Hall–Kier alpha value is -2.66. The highest BCUT2D eigenvalue weighted by Crippen LogP contribution is 2.26. The number of anilines is 1. The molecule has 0 saturated heterocycles. The summed E-state index contributed by atoms with van der Waals surface area (Å²) in [5.74, 6) is 0.834. The van der Waals surface area contributed by atoms with Crippen LogP contribution in [0.3, 0.4) is 0 Å². The number of amides is 1. The van der Waals surface area contributed by atoms with Crippen LogP contribution in [-0.4, -0.2) is 17.5 Å². The SMILES string of the molecule is Cc1ccc(-c2csc(NC(=O)CCCOc3ccccc3C)n2)cc1C. The van der Waals surface area contributed by atoms with E-state index in [1.165, 1.54) is 22.5 Å². The van der Waals surface area contributed by atoms with E-state index in [0.717, 1.165) is 22.6 Å². The number of para-hydroxylation sites is 1. The minimum absolute atomic E-state index is 0.0376. The lowest BCUT2D eigenvalue weighted by atomic mass is 10.1. The zero-order chi connectivity index (χ0) is 19.2. The summed E-state index contributed by atoms with van der Waals surface area (Å²) >= 11 is 1.45. The summed E-state index contributed by atoms with van der Waals surface area (Å²) in [6, 6.07) is 14.2. The van der Waals surface area contributed by atoms with Gasteiger partial charge in [-0.3, -0.25) is 4.79 Å². The molecule has 1 aromatic heterocycles. The first-order valence-corrected chi connectivity index (χ1v) is 9.92. The topological polar surface area (TPSA) is 51.2 Å². The standard InChI is InChI=1S/C22H24N2O2S/c1-15-10-11-18(13-17(15)3)19-14-27-22(23-19)24-21(25)9-6-12-26-20-8-5-4-7-16(20)2/h4-5,7-8,10-11,13-14H,6,9,12H2,1-3H3,(H,23,24,25). The van der Waals surface area contributed by atoms with Gasteiger partial charge in [-0.2, -0.15) is 0 Å². The van der Waals surface area contributed by atoms with Gasteiger partial charge in [0.2, 0.25) is 5.91 Å². The third kappa shape index (κ3) is 5.17. The van der Waals surface area contributed by atoms with Gasteiger partial charge in [0.1, 0.15) is 5.75 Å². The molecule has 3 aromatic rings. The highest BCUT2D eigenvalue weighted by molar-refractivity contribution is 7.14. The van der Waals surface area contributed by atoms with E-state index < -0.39 is 0 Å². The van der Waals surface area contributed by atoms with Crippen molar-refractivity contribution in [2.75, 3.05) is 11.9 Å². The van der Waals surface area contributed by atoms with E-state index in [9.17, 15) is 4.79 Å². The molecule has 0 fully saturated rings. The molecule has 0 aliphatic carbocycles. The smallest absolute Gasteiger partial charge is 0.226 e. The number of nitrogens with zero attached hydrogens (tertiary/aromatic N) is 1. The number of carbonyl (C=O) groups is 1. The van der Waals surface area contributed by atoms with Crippen molar-refractivity contribution in [2.24, 2.45) is 0 Å². The van der Waals surface area contributed by atoms with Gasteiger partial charge in [-0.05, 0) is 56.0 Å². The van der Waals surface area contributed by atoms with Crippen LogP contribution in [-0.2, 0) is 4.79 Å². The normalized spacial score (nSPS) is 10.6. The Balaban J connectivity index is 1.48. The summed E-state index contributed by atoms with van der Waals surface area (Å²) in [5, 5.41) is 5.49. The van der Waals surface area contributed by atoms with Crippen LogP contribution in [0.5, 0.6) is 5.75 Å². The Morgan fingerprint density at radius 3 is 2.67 bits per heavy atom. The molecule has 5 heteroatoms. The van der Waals surface area contributed by atoms with E-state index in [4.69, 9.17) is 4.74 Å². The lowest BCUT2D eigenvalue weighted by molar-refractivity contribution is -0.116. The first-order valence-electron chi connectivity index (χ1n) is 9.04. The predicted octanol–water partition coefficient (Wildman–Crippen LogP) is 5.53. The summed E-state index contributed by atoms with van der Waals surface area (Å²) in [6.45, 7) is 6.71. The van der Waals surface area contributed by atoms with Crippen molar-refractivity contribution < 1.29 is 9.53 Å². The molecule has 1 heterocycles. The van der Waals surface area contributed by atoms with Crippen molar-refractivity contribution in [3.05, 3.63) is 64.5 Å². The summed E-state index contributed by atoms with van der Waals surface area (Å²) in [5.41, 5.74) is 5.56. The fourth-order valence-electron chi connectivity index (χ4n) is 2.68. The van der Waals surface area contributed by atoms with Gasteiger partial charge in [-0.1, -0.05) is 30.3 Å². The van der Waals surface area contributed by atoms with Crippen molar-refractivity contribution in [2.45, 2.75) is 33.6 Å². The van der Waals surface area contributed by atoms with Gasteiger partial charge in [-0.25, -0.2) is 4.98 Å². The Labute approximate surface area is 164 Å².